The van der Waals surface area contributed by atoms with Gasteiger partial charge in [-0.2, -0.15) is 4.98 Å². The summed E-state index contributed by atoms with van der Waals surface area (Å²) in [7, 11) is 1.48. The van der Waals surface area contributed by atoms with Crippen LogP contribution >= 0.6 is 0 Å². The average molecular weight is 357 g/mol. The maximum Gasteiger partial charge on any atom is 0.329 e. The van der Waals surface area contributed by atoms with Crippen LogP contribution in [0.1, 0.15) is 17.3 Å². The van der Waals surface area contributed by atoms with Crippen molar-refractivity contribution in [3.63, 3.8) is 0 Å². The van der Waals surface area contributed by atoms with Crippen molar-refractivity contribution >= 4 is 22.9 Å². The predicted octanol–water partition coefficient (Wildman–Crippen LogP) is 0.0989. The summed E-state index contributed by atoms with van der Waals surface area (Å²) < 4.78 is 2.62. The predicted molar refractivity (Wildman–Crippen MR) is 96.5 cm³/mol. The number of imidazole rings is 1. The SMILES string of the molecule is C[C@H](O)CNc1nc2c(c(=O)[nH]c(=O)n2C)n1CC(=O)c1ccccc1. The van der Waals surface area contributed by atoms with Gasteiger partial charge in [-0.1, -0.05) is 30.3 Å². The van der Waals surface area contributed by atoms with E-state index >= 15 is 0 Å². The van der Waals surface area contributed by atoms with Crippen LogP contribution in [0.4, 0.5) is 5.95 Å². The zero-order valence-corrected chi connectivity index (χ0v) is 14.4. The molecule has 1 atom stereocenters. The van der Waals surface area contributed by atoms with Gasteiger partial charge in [-0.05, 0) is 6.92 Å². The number of fused-ring (bicyclic) bond motifs is 1. The zero-order valence-electron chi connectivity index (χ0n) is 14.4. The molecule has 9 heteroatoms. The fourth-order valence-corrected chi connectivity index (χ4v) is 2.62. The van der Waals surface area contributed by atoms with Crippen LogP contribution in [0.5, 0.6) is 0 Å². The summed E-state index contributed by atoms with van der Waals surface area (Å²) in [5.41, 5.74) is -0.445. The summed E-state index contributed by atoms with van der Waals surface area (Å²) in [4.78, 5) is 43.2. The Morgan fingerprint density at radius 3 is 2.65 bits per heavy atom. The van der Waals surface area contributed by atoms with E-state index in [2.05, 4.69) is 15.3 Å². The Hall–Kier alpha value is -3.20. The first-order chi connectivity index (χ1) is 12.4. The molecule has 0 unspecified atom stereocenters. The molecule has 0 spiro atoms. The number of ketones is 1. The van der Waals surface area contributed by atoms with Gasteiger partial charge < -0.3 is 10.4 Å². The van der Waals surface area contributed by atoms with E-state index in [9.17, 15) is 19.5 Å². The molecule has 0 bridgehead atoms. The van der Waals surface area contributed by atoms with Gasteiger partial charge in [0.15, 0.2) is 16.9 Å². The highest BCUT2D eigenvalue weighted by Crippen LogP contribution is 2.16. The number of H-pyrrole nitrogens is 1. The van der Waals surface area contributed by atoms with E-state index in [1.54, 1.807) is 37.3 Å². The lowest BCUT2D eigenvalue weighted by atomic mass is 10.1. The molecule has 0 aliphatic rings. The molecular weight excluding hydrogens is 338 g/mol. The van der Waals surface area contributed by atoms with E-state index in [0.717, 1.165) is 0 Å². The number of aromatic nitrogens is 4. The highest BCUT2D eigenvalue weighted by molar-refractivity contribution is 5.96. The van der Waals surface area contributed by atoms with Gasteiger partial charge in [0.1, 0.15) is 0 Å². The normalized spacial score (nSPS) is 12.3. The number of benzene rings is 1. The molecule has 3 rings (SSSR count). The van der Waals surface area contributed by atoms with Crippen molar-refractivity contribution in [2.45, 2.75) is 19.6 Å². The fourth-order valence-electron chi connectivity index (χ4n) is 2.62. The van der Waals surface area contributed by atoms with Crippen molar-refractivity contribution < 1.29 is 9.90 Å². The topological polar surface area (TPSA) is 122 Å². The quantitative estimate of drug-likeness (QED) is 0.538. The molecule has 2 heterocycles. The first-order valence-corrected chi connectivity index (χ1v) is 8.08. The second-order valence-electron chi connectivity index (χ2n) is 6.03. The molecule has 9 nitrogen and oxygen atoms in total. The van der Waals surface area contributed by atoms with Crippen LogP contribution in [0.15, 0.2) is 39.9 Å². The number of anilines is 1. The number of carbonyl (C=O) groups is 1. The molecule has 0 saturated carbocycles. The van der Waals surface area contributed by atoms with Crippen LogP contribution in [0.2, 0.25) is 0 Å². The van der Waals surface area contributed by atoms with Gasteiger partial charge in [0.05, 0.1) is 12.6 Å². The van der Waals surface area contributed by atoms with Gasteiger partial charge in [-0.15, -0.1) is 0 Å². The molecule has 3 aromatic rings. The second kappa shape index (κ2) is 6.96. The highest BCUT2D eigenvalue weighted by Gasteiger charge is 2.20. The number of hydrogen-bond acceptors (Lipinski definition) is 6. The third-order valence-corrected chi connectivity index (χ3v) is 3.96. The van der Waals surface area contributed by atoms with Crippen molar-refractivity contribution in [1.29, 1.82) is 0 Å². The van der Waals surface area contributed by atoms with Crippen LogP contribution in [0.3, 0.4) is 0 Å². The minimum Gasteiger partial charge on any atom is -0.392 e. The number of aliphatic hydroxyl groups excluding tert-OH is 1. The number of nitrogens with one attached hydrogen (secondary N) is 2. The Morgan fingerprint density at radius 1 is 1.31 bits per heavy atom. The molecule has 0 aliphatic carbocycles. The standard InChI is InChI=1S/C17H19N5O4/c1-10(23)8-18-16-19-14-13(15(25)20-17(26)21(14)2)22(16)9-12(24)11-6-4-3-5-7-11/h3-7,10,23H,8-9H2,1-2H3,(H,18,19)(H,20,25,26)/t10-/m0/s1. The lowest BCUT2D eigenvalue weighted by Gasteiger charge is -2.11. The van der Waals surface area contributed by atoms with Crippen LogP contribution in [0.25, 0.3) is 11.2 Å². The molecular formula is C17H19N5O4. The maximum atomic E-state index is 12.6. The molecule has 136 valence electrons. The summed E-state index contributed by atoms with van der Waals surface area (Å²) in [5, 5.41) is 12.4. The van der Waals surface area contributed by atoms with Crippen LogP contribution in [-0.2, 0) is 13.6 Å². The lowest BCUT2D eigenvalue weighted by molar-refractivity contribution is 0.0974. The average Bonchev–Trinajstić information content (AvgIpc) is 2.97. The smallest absolute Gasteiger partial charge is 0.329 e. The Morgan fingerprint density at radius 2 is 2.00 bits per heavy atom. The number of aliphatic hydroxyl groups is 1. The monoisotopic (exact) mass is 357 g/mol. The molecule has 2 aromatic heterocycles. The summed E-state index contributed by atoms with van der Waals surface area (Å²) >= 11 is 0. The minimum absolute atomic E-state index is 0.115. The summed E-state index contributed by atoms with van der Waals surface area (Å²) in [6.07, 6.45) is -0.657. The molecule has 0 radical (unpaired) electrons. The molecule has 0 amide bonds. The number of aromatic amines is 1. The first kappa shape index (κ1) is 17.6. The highest BCUT2D eigenvalue weighted by atomic mass is 16.3. The van der Waals surface area contributed by atoms with Crippen LogP contribution < -0.4 is 16.6 Å². The number of Topliss-reactive ketones (excluding diaryl/α,β-unsaturated/α-hetero) is 1. The van der Waals surface area contributed by atoms with Gasteiger partial charge in [0.25, 0.3) is 5.56 Å². The number of carbonyl (C=O) groups excluding carboxylic acids is 1. The van der Waals surface area contributed by atoms with Gasteiger partial charge in [-0.3, -0.25) is 23.7 Å². The van der Waals surface area contributed by atoms with E-state index in [1.165, 1.54) is 16.2 Å². The molecule has 26 heavy (non-hydrogen) atoms. The van der Waals surface area contributed by atoms with Gasteiger partial charge in [0.2, 0.25) is 5.95 Å². The Balaban J connectivity index is 2.13. The fraction of sp³-hybridized carbons (Fsp3) is 0.294. The van der Waals surface area contributed by atoms with Gasteiger partial charge >= 0.3 is 5.69 Å². The molecule has 0 fully saturated rings. The first-order valence-electron chi connectivity index (χ1n) is 8.08. The van der Waals surface area contributed by atoms with Crippen LogP contribution in [0, 0.1) is 0 Å². The third-order valence-electron chi connectivity index (χ3n) is 3.96. The van der Waals surface area contributed by atoms with Gasteiger partial charge in [-0.25, -0.2) is 4.79 Å². The van der Waals surface area contributed by atoms with E-state index in [4.69, 9.17) is 0 Å². The van der Waals surface area contributed by atoms with E-state index in [0.29, 0.717) is 5.56 Å². The third kappa shape index (κ3) is 3.29. The van der Waals surface area contributed by atoms with E-state index in [-0.39, 0.29) is 36.0 Å². The van der Waals surface area contributed by atoms with Crippen molar-refractivity contribution in [3.8, 4) is 0 Å². The number of rotatable bonds is 6. The number of aryl methyl sites for hydroxylation is 1. The number of hydrogen-bond donors (Lipinski definition) is 3. The lowest BCUT2D eigenvalue weighted by Crippen LogP contribution is -2.29. The van der Waals surface area contributed by atoms with E-state index in [1.807, 2.05) is 0 Å². The largest absolute Gasteiger partial charge is 0.392 e. The maximum absolute atomic E-state index is 12.6. The Bertz CT molecular complexity index is 1060. The molecule has 3 N–H and O–H groups in total. The Labute approximate surface area is 147 Å². The molecule has 0 saturated heterocycles. The Kier molecular flexibility index (Phi) is 4.72. The summed E-state index contributed by atoms with van der Waals surface area (Å²) in [5.74, 6) is 0.0233. The minimum atomic E-state index is -0.657. The van der Waals surface area contributed by atoms with E-state index < -0.39 is 17.4 Å². The van der Waals surface area contributed by atoms with Crippen molar-refractivity contribution in [3.05, 3.63) is 56.7 Å². The van der Waals surface area contributed by atoms with Crippen molar-refractivity contribution in [2.24, 2.45) is 7.05 Å². The second-order valence-corrected chi connectivity index (χ2v) is 6.03. The summed E-state index contributed by atoms with van der Waals surface area (Å²) in [6.45, 7) is 1.64. The zero-order chi connectivity index (χ0) is 18.8. The van der Waals surface area contributed by atoms with Gasteiger partial charge in [0, 0.05) is 19.2 Å². The van der Waals surface area contributed by atoms with Crippen molar-refractivity contribution in [2.75, 3.05) is 11.9 Å². The molecule has 0 aliphatic heterocycles. The number of nitrogens with zero attached hydrogens (tertiary/aromatic N) is 3. The van der Waals surface area contributed by atoms with Crippen LogP contribution in [-0.4, -0.2) is 42.6 Å². The summed E-state index contributed by atoms with van der Waals surface area (Å²) in [6, 6.07) is 8.68. The molecule has 1 aromatic carbocycles. The van der Waals surface area contributed by atoms with Crippen molar-refractivity contribution in [1.82, 2.24) is 19.1 Å².